The summed E-state index contributed by atoms with van der Waals surface area (Å²) in [6.07, 6.45) is 17.8. The van der Waals surface area contributed by atoms with E-state index in [4.69, 9.17) is 15.5 Å². The van der Waals surface area contributed by atoms with Gasteiger partial charge in [-0.2, -0.15) is 0 Å². The predicted molar refractivity (Wildman–Crippen MR) is 158 cm³/mol. The summed E-state index contributed by atoms with van der Waals surface area (Å²) >= 11 is 0. The van der Waals surface area contributed by atoms with Gasteiger partial charge < -0.3 is 15.4 Å². The highest BCUT2D eigenvalue weighted by Crippen LogP contribution is 2.37. The number of hydrogen-bond donors (Lipinski definition) is 1. The Morgan fingerprint density at radius 2 is 1.77 bits per heavy atom. The molecule has 1 aliphatic heterocycles. The van der Waals surface area contributed by atoms with Gasteiger partial charge in [0, 0.05) is 42.9 Å². The first-order valence-electron chi connectivity index (χ1n) is 15.4. The topological polar surface area (TPSA) is 94.5 Å². The molecule has 2 fully saturated rings. The highest BCUT2D eigenvalue weighted by Gasteiger charge is 2.33. The fourth-order valence-electron chi connectivity index (χ4n) is 7.05. The maximum Gasteiger partial charge on any atom is 0.219 e. The monoisotopic (exact) mass is 541 g/mol. The SMILES string of the molecule is CC1CCCCCC1c1cn(CCC(C2CCCCC2)N2Cc3cc(Oc4ccccc4)ncc3N=C2N)nn1. The minimum absolute atomic E-state index is 0.299. The van der Waals surface area contributed by atoms with Crippen molar-refractivity contribution in [2.45, 2.75) is 103 Å². The number of fused-ring (bicyclic) bond motifs is 1. The molecule has 8 nitrogen and oxygen atoms in total. The fraction of sp³-hybridized carbons (Fsp3) is 0.562. The van der Waals surface area contributed by atoms with Gasteiger partial charge in [-0.25, -0.2) is 9.98 Å². The Hall–Kier alpha value is -3.42. The minimum atomic E-state index is 0.299. The molecule has 3 aliphatic rings. The number of hydrogen-bond acceptors (Lipinski definition) is 7. The van der Waals surface area contributed by atoms with E-state index in [1.54, 1.807) is 6.20 Å². The zero-order valence-corrected chi connectivity index (χ0v) is 23.8. The Balaban J connectivity index is 1.19. The number of nitrogens with two attached hydrogens (primary N) is 1. The van der Waals surface area contributed by atoms with Crippen LogP contribution in [0.1, 0.15) is 94.7 Å². The van der Waals surface area contributed by atoms with Gasteiger partial charge in [0.1, 0.15) is 5.75 Å². The van der Waals surface area contributed by atoms with E-state index in [1.807, 2.05) is 36.4 Å². The van der Waals surface area contributed by atoms with Gasteiger partial charge in [-0.15, -0.1) is 5.10 Å². The lowest BCUT2D eigenvalue weighted by Gasteiger charge is -2.41. The van der Waals surface area contributed by atoms with E-state index in [0.29, 0.717) is 42.2 Å². The van der Waals surface area contributed by atoms with Crippen molar-refractivity contribution in [3.63, 3.8) is 0 Å². The molecule has 2 aliphatic carbocycles. The molecule has 0 bridgehead atoms. The van der Waals surface area contributed by atoms with Crippen LogP contribution in [-0.2, 0) is 13.1 Å². The first-order chi connectivity index (χ1) is 19.6. The second-order valence-electron chi connectivity index (χ2n) is 12.0. The first kappa shape index (κ1) is 26.8. The molecule has 2 N–H and O–H groups in total. The Kier molecular flexibility index (Phi) is 8.30. The Labute approximate surface area is 238 Å². The Morgan fingerprint density at radius 1 is 1.00 bits per heavy atom. The highest BCUT2D eigenvalue weighted by molar-refractivity contribution is 5.83. The maximum atomic E-state index is 6.65. The number of rotatable bonds is 8. The molecule has 1 aromatic carbocycles. The molecular formula is C32H43N7O. The van der Waals surface area contributed by atoms with E-state index in [1.165, 1.54) is 69.9 Å². The molecule has 2 aromatic heterocycles. The van der Waals surface area contributed by atoms with E-state index in [0.717, 1.165) is 30.0 Å². The van der Waals surface area contributed by atoms with E-state index in [-0.39, 0.29) is 0 Å². The molecule has 0 radical (unpaired) electrons. The summed E-state index contributed by atoms with van der Waals surface area (Å²) in [7, 11) is 0. The molecule has 212 valence electrons. The van der Waals surface area contributed by atoms with Gasteiger partial charge in [0.2, 0.25) is 5.88 Å². The van der Waals surface area contributed by atoms with Crippen LogP contribution in [0.4, 0.5) is 5.69 Å². The summed E-state index contributed by atoms with van der Waals surface area (Å²) in [6, 6.07) is 12.1. The summed E-state index contributed by atoms with van der Waals surface area (Å²) in [5.41, 5.74) is 9.75. The van der Waals surface area contributed by atoms with Crippen molar-refractivity contribution < 1.29 is 4.74 Å². The number of guanidine groups is 1. The number of benzene rings is 1. The maximum absolute atomic E-state index is 6.65. The van der Waals surface area contributed by atoms with Crippen molar-refractivity contribution in [2.75, 3.05) is 0 Å². The van der Waals surface area contributed by atoms with Crippen molar-refractivity contribution in [2.24, 2.45) is 22.6 Å². The van der Waals surface area contributed by atoms with Crippen molar-refractivity contribution in [1.82, 2.24) is 24.9 Å². The normalized spacial score (nSPS) is 22.7. The summed E-state index contributed by atoms with van der Waals surface area (Å²) in [6.45, 7) is 3.93. The molecule has 3 aromatic rings. The quantitative estimate of drug-likeness (QED) is 0.310. The minimum Gasteiger partial charge on any atom is -0.439 e. The second kappa shape index (κ2) is 12.4. The third-order valence-electron chi connectivity index (χ3n) is 9.32. The van der Waals surface area contributed by atoms with Crippen LogP contribution in [0.3, 0.4) is 0 Å². The van der Waals surface area contributed by atoms with Crippen molar-refractivity contribution in [1.29, 1.82) is 0 Å². The number of nitrogens with zero attached hydrogens (tertiary/aromatic N) is 6. The molecule has 8 heteroatoms. The van der Waals surface area contributed by atoms with E-state index < -0.39 is 0 Å². The molecular weight excluding hydrogens is 498 g/mol. The lowest BCUT2D eigenvalue weighted by atomic mass is 9.81. The second-order valence-corrected chi connectivity index (χ2v) is 12.0. The molecule has 0 saturated heterocycles. The van der Waals surface area contributed by atoms with Crippen molar-refractivity contribution >= 4 is 11.6 Å². The van der Waals surface area contributed by atoms with Crippen LogP contribution in [0.2, 0.25) is 0 Å². The van der Waals surface area contributed by atoms with Crippen LogP contribution in [0.25, 0.3) is 0 Å². The summed E-state index contributed by atoms with van der Waals surface area (Å²) < 4.78 is 8.10. The molecule has 3 heterocycles. The molecule has 0 spiro atoms. The van der Waals surface area contributed by atoms with Crippen LogP contribution in [-0.4, -0.2) is 36.9 Å². The average Bonchev–Trinajstić information content (AvgIpc) is 3.34. The highest BCUT2D eigenvalue weighted by atomic mass is 16.5. The standard InChI is InChI=1S/C32H43N7O/c1-23-11-5-2-10-16-27(23)29-22-38(37-36-29)18-17-30(24-12-6-3-7-13-24)39-21-25-19-31(34-20-28(25)35-32(39)33)40-26-14-8-4-9-15-26/h4,8-9,14-15,19-20,22-24,27,30H,2-3,5-7,10-13,16-18,21H2,1H3,(H2,33,35). The van der Waals surface area contributed by atoms with Gasteiger partial charge in [-0.05, 0) is 49.7 Å². The van der Waals surface area contributed by atoms with Gasteiger partial charge in [-0.3, -0.25) is 4.68 Å². The molecule has 3 atom stereocenters. The van der Waals surface area contributed by atoms with Crippen LogP contribution in [0.15, 0.2) is 53.8 Å². The number of aliphatic imine (C=N–C) groups is 1. The Bertz CT molecular complexity index is 1280. The predicted octanol–water partition coefficient (Wildman–Crippen LogP) is 6.95. The number of aromatic nitrogens is 4. The van der Waals surface area contributed by atoms with Gasteiger partial charge in [0.05, 0.1) is 17.6 Å². The molecule has 2 saturated carbocycles. The van der Waals surface area contributed by atoms with Crippen LogP contribution >= 0.6 is 0 Å². The van der Waals surface area contributed by atoms with Gasteiger partial charge >= 0.3 is 0 Å². The number of pyridine rings is 1. The fourth-order valence-corrected chi connectivity index (χ4v) is 7.05. The molecule has 3 unspecified atom stereocenters. The summed E-state index contributed by atoms with van der Waals surface area (Å²) in [5.74, 6) is 3.75. The smallest absolute Gasteiger partial charge is 0.219 e. The van der Waals surface area contributed by atoms with Crippen LogP contribution < -0.4 is 10.5 Å². The molecule has 40 heavy (non-hydrogen) atoms. The van der Waals surface area contributed by atoms with E-state index >= 15 is 0 Å². The third kappa shape index (κ3) is 6.16. The number of aryl methyl sites for hydroxylation is 1. The molecule has 0 amide bonds. The average molecular weight is 542 g/mol. The van der Waals surface area contributed by atoms with Crippen molar-refractivity contribution in [3.05, 3.63) is 60.0 Å². The Morgan fingerprint density at radius 3 is 2.60 bits per heavy atom. The van der Waals surface area contributed by atoms with Gasteiger partial charge in [0.25, 0.3) is 0 Å². The van der Waals surface area contributed by atoms with Crippen LogP contribution in [0, 0.1) is 11.8 Å². The number of para-hydroxylation sites is 1. The van der Waals surface area contributed by atoms with E-state index in [9.17, 15) is 0 Å². The first-order valence-corrected chi connectivity index (χ1v) is 15.4. The molecule has 6 rings (SSSR count). The van der Waals surface area contributed by atoms with Gasteiger partial charge in [0.15, 0.2) is 5.96 Å². The van der Waals surface area contributed by atoms with Crippen molar-refractivity contribution in [3.8, 4) is 11.6 Å². The lowest BCUT2D eigenvalue weighted by molar-refractivity contribution is 0.158. The number of ether oxygens (including phenoxy) is 1. The van der Waals surface area contributed by atoms with Gasteiger partial charge in [-0.1, -0.05) is 75.3 Å². The zero-order chi connectivity index (χ0) is 27.3. The summed E-state index contributed by atoms with van der Waals surface area (Å²) in [5, 5.41) is 9.24. The van der Waals surface area contributed by atoms with E-state index in [2.05, 4.69) is 38.0 Å². The largest absolute Gasteiger partial charge is 0.439 e. The zero-order valence-electron chi connectivity index (χ0n) is 23.8. The lowest BCUT2D eigenvalue weighted by Crippen LogP contribution is -2.49. The summed E-state index contributed by atoms with van der Waals surface area (Å²) in [4.78, 5) is 11.6. The van der Waals surface area contributed by atoms with Crippen LogP contribution in [0.5, 0.6) is 11.6 Å². The third-order valence-corrected chi connectivity index (χ3v) is 9.32.